The van der Waals surface area contributed by atoms with Gasteiger partial charge in [-0.05, 0) is 30.2 Å². The van der Waals surface area contributed by atoms with Crippen LogP contribution in [-0.2, 0) is 26.0 Å². The molecule has 1 aliphatic carbocycles. The molecular formula is C24H21FN4O5. The highest BCUT2D eigenvalue weighted by atomic mass is 19.1. The number of carbonyl (C=O) groups excluding carboxylic acids is 2. The Morgan fingerprint density at radius 2 is 2.18 bits per heavy atom. The van der Waals surface area contributed by atoms with Gasteiger partial charge in [0.25, 0.3) is 0 Å². The third kappa shape index (κ3) is 2.83. The molecule has 4 aliphatic rings. The fourth-order valence-electron chi connectivity index (χ4n) is 5.70. The second kappa shape index (κ2) is 7.40. The van der Waals surface area contributed by atoms with E-state index in [1.165, 1.54) is 18.1 Å². The zero-order chi connectivity index (χ0) is 23.6. The second-order valence-electron chi connectivity index (χ2n) is 9.06. The summed E-state index contributed by atoms with van der Waals surface area (Å²) < 4.78 is 30.5. The minimum Gasteiger partial charge on any atom is -0.453 e. The van der Waals surface area contributed by atoms with Gasteiger partial charge in [0.15, 0.2) is 0 Å². The molecule has 5 atom stereocenters. The van der Waals surface area contributed by atoms with E-state index in [0.717, 1.165) is 5.56 Å². The molecule has 3 fully saturated rings. The van der Waals surface area contributed by atoms with Crippen LogP contribution in [0.15, 0.2) is 30.5 Å². The third-order valence-corrected chi connectivity index (χ3v) is 7.52. The number of methoxy groups -OCH3 is 1. The van der Waals surface area contributed by atoms with Gasteiger partial charge in [0.05, 0.1) is 50.4 Å². The van der Waals surface area contributed by atoms with Crippen molar-refractivity contribution in [2.45, 2.75) is 24.0 Å². The molecule has 2 amide bonds. The number of pyridine rings is 1. The minimum absolute atomic E-state index is 0.0992. The van der Waals surface area contributed by atoms with Crippen molar-refractivity contribution < 1.29 is 28.2 Å². The van der Waals surface area contributed by atoms with Crippen molar-refractivity contribution in [2.75, 3.05) is 31.8 Å². The van der Waals surface area contributed by atoms with E-state index in [9.17, 15) is 14.9 Å². The van der Waals surface area contributed by atoms with Gasteiger partial charge in [-0.15, -0.1) is 0 Å². The number of hydrogen-bond acceptors (Lipinski definition) is 7. The topological polar surface area (TPSA) is 114 Å². The van der Waals surface area contributed by atoms with Gasteiger partial charge in [-0.25, -0.2) is 14.0 Å². The van der Waals surface area contributed by atoms with Crippen molar-refractivity contribution >= 4 is 17.9 Å². The molecule has 1 aromatic carbocycles. The van der Waals surface area contributed by atoms with Crippen LogP contribution in [0.2, 0.25) is 0 Å². The number of nitrogens with zero attached hydrogens (tertiary/aromatic N) is 3. The van der Waals surface area contributed by atoms with Crippen molar-refractivity contribution in [1.29, 1.82) is 5.26 Å². The Morgan fingerprint density at radius 1 is 1.38 bits per heavy atom. The fourth-order valence-corrected chi connectivity index (χ4v) is 5.70. The van der Waals surface area contributed by atoms with Gasteiger partial charge in [0.2, 0.25) is 0 Å². The lowest BCUT2D eigenvalue weighted by Gasteiger charge is -2.16. The lowest BCUT2D eigenvalue weighted by Crippen LogP contribution is -2.40. The van der Waals surface area contributed by atoms with Crippen LogP contribution in [0.3, 0.4) is 0 Å². The Morgan fingerprint density at radius 3 is 2.85 bits per heavy atom. The zero-order valence-electron chi connectivity index (χ0n) is 18.3. The van der Waals surface area contributed by atoms with Crippen LogP contribution in [0.1, 0.15) is 11.3 Å². The Kier molecular flexibility index (Phi) is 4.54. The molecule has 0 radical (unpaired) electrons. The summed E-state index contributed by atoms with van der Waals surface area (Å²) in [4.78, 5) is 29.8. The van der Waals surface area contributed by atoms with Crippen LogP contribution < -0.4 is 10.2 Å². The van der Waals surface area contributed by atoms with Crippen LogP contribution in [0, 0.1) is 29.0 Å². The molecule has 1 N–H and O–H groups in total. The molecule has 4 heterocycles. The van der Waals surface area contributed by atoms with E-state index in [0.29, 0.717) is 42.1 Å². The van der Waals surface area contributed by atoms with Crippen LogP contribution in [0.4, 0.5) is 19.7 Å². The van der Waals surface area contributed by atoms with Crippen LogP contribution in [0.25, 0.3) is 11.1 Å². The highest BCUT2D eigenvalue weighted by molar-refractivity contribution is 5.94. The van der Waals surface area contributed by atoms with Crippen molar-refractivity contribution in [2.24, 2.45) is 11.8 Å². The largest absolute Gasteiger partial charge is 0.453 e. The van der Waals surface area contributed by atoms with Crippen molar-refractivity contribution in [3.8, 4) is 17.2 Å². The fraction of sp³-hybridized carbons (Fsp3) is 0.417. The molecule has 0 bridgehead atoms. The van der Waals surface area contributed by atoms with Crippen molar-refractivity contribution in [3.63, 3.8) is 0 Å². The predicted octanol–water partition coefficient (Wildman–Crippen LogP) is 2.53. The van der Waals surface area contributed by atoms with Crippen LogP contribution in [0.5, 0.6) is 0 Å². The van der Waals surface area contributed by atoms with Gasteiger partial charge in [0.1, 0.15) is 17.3 Å². The molecule has 2 aromatic rings. The number of hydrogen-bond donors (Lipinski definition) is 1. The van der Waals surface area contributed by atoms with E-state index in [1.54, 1.807) is 24.4 Å². The van der Waals surface area contributed by atoms with E-state index in [1.807, 2.05) is 0 Å². The minimum atomic E-state index is -0.616. The molecule has 10 heteroatoms. The average Bonchev–Trinajstić information content (AvgIpc) is 3.23. The first-order valence-electron chi connectivity index (χ1n) is 11.1. The number of alkyl carbamates (subject to hydrolysis) is 1. The molecule has 1 unspecified atom stereocenters. The van der Waals surface area contributed by atoms with Gasteiger partial charge in [-0.2, -0.15) is 5.26 Å². The first-order chi connectivity index (χ1) is 16.5. The van der Waals surface area contributed by atoms with Gasteiger partial charge in [-0.1, -0.05) is 6.07 Å². The maximum absolute atomic E-state index is 15.2. The van der Waals surface area contributed by atoms with E-state index >= 15 is 4.39 Å². The summed E-state index contributed by atoms with van der Waals surface area (Å²) in [7, 11) is 1.25. The number of halogens is 1. The quantitative estimate of drug-likeness (QED) is 0.740. The monoisotopic (exact) mass is 464 g/mol. The summed E-state index contributed by atoms with van der Waals surface area (Å²) in [5, 5.41) is 12.3. The number of nitrogens with one attached hydrogen (secondary N) is 1. The number of ether oxygens (including phenoxy) is 3. The summed E-state index contributed by atoms with van der Waals surface area (Å²) in [6.07, 6.45) is 0.306. The number of amides is 2. The van der Waals surface area contributed by atoms with Crippen LogP contribution >= 0.6 is 0 Å². The van der Waals surface area contributed by atoms with E-state index in [-0.39, 0.29) is 24.4 Å². The zero-order valence-corrected chi connectivity index (χ0v) is 18.3. The number of aromatic nitrogens is 1. The standard InChI is InChI=1S/C24H21FN4O5/c1-32-22(30)28-8-20-19-5-13-4-14(17(25)6-18(13)29(19)23(31)34-20)12-2-3-21(27-7-12)24(11-26)15-9-33-10-16(15)24/h2-4,6-7,15-16,19-20H,5,8-10H2,1H3,(H,28,30)/t15-,16+,19-,20-,24?/m0/s1. The van der Waals surface area contributed by atoms with Crippen molar-refractivity contribution in [3.05, 3.63) is 47.5 Å². The Hall–Kier alpha value is -3.71. The molecule has 3 aliphatic heterocycles. The molecule has 6 rings (SSSR count). The van der Waals surface area contributed by atoms with Crippen LogP contribution in [-0.4, -0.2) is 56.2 Å². The Balaban J connectivity index is 1.26. The molecule has 9 nitrogen and oxygen atoms in total. The highest BCUT2D eigenvalue weighted by Crippen LogP contribution is 2.62. The number of rotatable bonds is 4. The van der Waals surface area contributed by atoms with E-state index in [4.69, 9.17) is 9.47 Å². The Labute approximate surface area is 194 Å². The first kappa shape index (κ1) is 20.9. The SMILES string of the molecule is COC(=O)NC[C@@H]1OC(=O)N2c3cc(F)c(-c4ccc(C5(C#N)[C@@H]6COC[C@@H]65)nc4)cc3C[C@@H]12. The third-order valence-electron chi connectivity index (χ3n) is 7.52. The number of fused-ring (bicyclic) bond motifs is 4. The van der Waals surface area contributed by atoms with E-state index in [2.05, 4.69) is 21.1 Å². The molecule has 2 saturated heterocycles. The molecule has 1 aromatic heterocycles. The summed E-state index contributed by atoms with van der Waals surface area (Å²) in [5.74, 6) is -0.144. The number of carbonyl (C=O) groups is 2. The predicted molar refractivity (Wildman–Crippen MR) is 115 cm³/mol. The first-order valence-corrected chi connectivity index (χ1v) is 11.1. The molecule has 174 valence electrons. The number of nitriles is 1. The lowest BCUT2D eigenvalue weighted by molar-refractivity contribution is 0.123. The van der Waals surface area contributed by atoms with Gasteiger partial charge < -0.3 is 19.5 Å². The summed E-state index contributed by atoms with van der Waals surface area (Å²) in [6, 6.07) is 8.74. The smallest absolute Gasteiger partial charge is 0.415 e. The summed E-state index contributed by atoms with van der Waals surface area (Å²) in [6.45, 7) is 1.23. The van der Waals surface area contributed by atoms with Gasteiger partial charge in [-0.3, -0.25) is 9.88 Å². The second-order valence-corrected chi connectivity index (χ2v) is 9.06. The van der Waals surface area contributed by atoms with E-state index < -0.39 is 29.5 Å². The Bertz CT molecular complexity index is 1230. The average molecular weight is 464 g/mol. The molecule has 34 heavy (non-hydrogen) atoms. The normalized spacial score (nSPS) is 30.1. The maximum Gasteiger partial charge on any atom is 0.415 e. The summed E-state index contributed by atoms with van der Waals surface area (Å²) >= 11 is 0. The highest BCUT2D eigenvalue weighted by Gasteiger charge is 2.70. The number of cyclic esters (lactones) is 1. The van der Waals surface area contributed by atoms with Crippen molar-refractivity contribution in [1.82, 2.24) is 10.3 Å². The number of anilines is 1. The van der Waals surface area contributed by atoms with Gasteiger partial charge >= 0.3 is 12.2 Å². The number of benzene rings is 1. The van der Waals surface area contributed by atoms with Gasteiger partial charge in [0, 0.05) is 29.2 Å². The maximum atomic E-state index is 15.2. The molecular weight excluding hydrogens is 443 g/mol. The summed E-state index contributed by atoms with van der Waals surface area (Å²) in [5.41, 5.74) is 2.34. The molecule has 0 spiro atoms. The molecule has 1 saturated carbocycles. The lowest BCUT2D eigenvalue weighted by atomic mass is 9.95.